The number of aliphatic hydroxyl groups is 4. The van der Waals surface area contributed by atoms with Crippen molar-refractivity contribution in [2.75, 3.05) is 19.7 Å². The number of alkyl carbamates (subject to hydrolysis) is 1. The molecular weight excluding hydrogens is 1260 g/mol. The highest BCUT2D eigenvalue weighted by molar-refractivity contribution is 6.00. The Balaban J connectivity index is 3.17. The van der Waals surface area contributed by atoms with Crippen LogP contribution in [0.2, 0.25) is 0 Å². The molecule has 1 unspecified atom stereocenters. The lowest BCUT2D eigenvalue weighted by atomic mass is 9.86. The molecule has 0 aliphatic carbocycles. The Kier molecular flexibility index (Phi) is 33.8. The number of amides is 12. The van der Waals surface area contributed by atoms with Crippen LogP contribution in [0.25, 0.3) is 0 Å². The van der Waals surface area contributed by atoms with E-state index in [2.05, 4.69) is 68.8 Å². The number of benzene rings is 1. The Bertz CT molecular complexity index is 2870. The number of carbonyl (C=O) groups is 12. The second kappa shape index (κ2) is 38.6. The number of ether oxygens (including phenoxy) is 1. The number of nitrogens with two attached hydrogens (primary N) is 2. The van der Waals surface area contributed by atoms with Crippen LogP contribution in [-0.4, -0.2) is 201 Å². The number of nitrogens with zero attached hydrogens (tertiary/aromatic N) is 1. The van der Waals surface area contributed by atoms with Gasteiger partial charge in [0.05, 0.1) is 37.5 Å². The van der Waals surface area contributed by atoms with Gasteiger partial charge in [-0.05, 0) is 101 Å². The van der Waals surface area contributed by atoms with Gasteiger partial charge in [0.25, 0.3) is 0 Å². The summed E-state index contributed by atoms with van der Waals surface area (Å²) in [7, 11) is 0. The smallest absolute Gasteiger partial charge is 0.408 e. The van der Waals surface area contributed by atoms with E-state index >= 15 is 14.4 Å². The van der Waals surface area contributed by atoms with Crippen molar-refractivity contribution in [1.29, 1.82) is 0 Å². The van der Waals surface area contributed by atoms with Gasteiger partial charge in [0, 0.05) is 6.54 Å². The molecule has 0 saturated carbocycles. The van der Waals surface area contributed by atoms with Gasteiger partial charge in [0.2, 0.25) is 65.0 Å². The Morgan fingerprint density at radius 1 is 0.598 bits per heavy atom. The van der Waals surface area contributed by atoms with Crippen molar-refractivity contribution in [2.45, 2.75) is 247 Å². The first-order chi connectivity index (χ1) is 44.8. The molecule has 12 amide bonds. The highest BCUT2D eigenvalue weighted by Crippen LogP contribution is 2.26. The molecule has 1 aromatic rings. The minimum Gasteiger partial charge on any atom is -0.444 e. The number of guanidine groups is 1. The van der Waals surface area contributed by atoms with Crippen LogP contribution >= 0.6 is 0 Å². The molecule has 0 radical (unpaired) electrons. The molecule has 15 atom stereocenters. The van der Waals surface area contributed by atoms with Gasteiger partial charge in [0.1, 0.15) is 66.0 Å². The largest absolute Gasteiger partial charge is 0.444 e. The monoisotopic (exact) mass is 1370 g/mol. The van der Waals surface area contributed by atoms with Crippen LogP contribution < -0.4 is 75.3 Å². The van der Waals surface area contributed by atoms with Crippen LogP contribution in [0.5, 0.6) is 0 Å². The topological polar surface area (TPSA) is 504 Å². The van der Waals surface area contributed by atoms with Crippen molar-refractivity contribution in [3.63, 3.8) is 0 Å². The zero-order chi connectivity index (χ0) is 74.2. The predicted molar refractivity (Wildman–Crippen MR) is 359 cm³/mol. The molecule has 1 saturated heterocycles. The van der Waals surface area contributed by atoms with E-state index in [1.54, 1.807) is 75.3 Å². The Labute approximate surface area is 568 Å². The van der Waals surface area contributed by atoms with E-state index in [4.69, 9.17) is 16.2 Å². The van der Waals surface area contributed by atoms with Crippen molar-refractivity contribution >= 4 is 77.0 Å². The minimum absolute atomic E-state index is 0.0300. The molecule has 1 fully saturated rings. The molecule has 0 spiro atoms. The third-order valence-electron chi connectivity index (χ3n) is 15.3. The van der Waals surface area contributed by atoms with Crippen molar-refractivity contribution < 1.29 is 82.7 Å². The number of hydrogen-bond donors (Lipinski definition) is 18. The first kappa shape index (κ1) is 84.9. The maximum atomic E-state index is 15.7. The summed E-state index contributed by atoms with van der Waals surface area (Å²) in [5.74, 6) is -14.2. The van der Waals surface area contributed by atoms with Gasteiger partial charge in [-0.25, -0.2) is 4.79 Å². The summed E-state index contributed by atoms with van der Waals surface area (Å²) < 4.78 is 5.48. The molecule has 1 aliphatic heterocycles. The van der Waals surface area contributed by atoms with Gasteiger partial charge in [-0.3, -0.25) is 57.7 Å². The van der Waals surface area contributed by atoms with Crippen molar-refractivity contribution in [2.24, 2.45) is 45.0 Å². The molecule has 0 bridgehead atoms. The molecule has 548 valence electrons. The van der Waals surface area contributed by atoms with Crippen molar-refractivity contribution in [1.82, 2.24) is 63.8 Å². The van der Waals surface area contributed by atoms with Crippen LogP contribution in [0.3, 0.4) is 0 Å². The fourth-order valence-electron chi connectivity index (χ4n) is 10.1. The van der Waals surface area contributed by atoms with E-state index in [0.717, 1.165) is 13.8 Å². The van der Waals surface area contributed by atoms with Crippen molar-refractivity contribution in [3.8, 4) is 0 Å². The molecule has 32 heteroatoms. The Morgan fingerprint density at radius 3 is 1.59 bits per heavy atom. The summed E-state index contributed by atoms with van der Waals surface area (Å²) in [4.78, 5) is 177. The number of rotatable bonds is 21. The second-order valence-corrected chi connectivity index (χ2v) is 28.9. The molecule has 32 nitrogen and oxygen atoms in total. The molecular formula is C65H111N15O17. The summed E-state index contributed by atoms with van der Waals surface area (Å²) in [6.45, 7) is 25.4. The van der Waals surface area contributed by atoms with E-state index in [0.29, 0.717) is 0 Å². The maximum Gasteiger partial charge on any atom is 0.408 e. The molecule has 97 heavy (non-hydrogen) atoms. The number of aliphatic imine (C=N–C) groups is 1. The highest BCUT2D eigenvalue weighted by Gasteiger charge is 2.43. The number of carbonyl (C=O) groups excluding carboxylic acids is 12. The third-order valence-corrected chi connectivity index (χ3v) is 15.3. The SMILES string of the molecule is CC[C@H](C)[C@@H]1NC(=O)[C@@H](CCCN=C(N)N)NC(=O)[C@H](CC(C)C)NC(=O)[C@H]([C@H](O)C(C)C)NC(=O)[C@@H](NC(=O)[C@H](CC(C)(C)C)NC(=O)[C@@H](CC(C)(C)C)NC(=O)OC(C)(C)C)[C@@H](c2ccccc2)NC(=O)[C@H](CO)NC(=O)C([C@@H](C)O)NC(=O)CNC(=O)[C@H]([C@H](C)O)NC1=O. The van der Waals surface area contributed by atoms with E-state index in [9.17, 15) is 63.6 Å². The average Bonchev–Trinajstić information content (AvgIpc) is 0.815. The fraction of sp³-hybridized carbons (Fsp3) is 0.708. The molecule has 2 rings (SSSR count). The van der Waals surface area contributed by atoms with Gasteiger partial charge in [0.15, 0.2) is 5.96 Å². The Hall–Kier alpha value is -8.23. The van der Waals surface area contributed by atoms with Gasteiger partial charge < -0.3 is 100 Å². The molecule has 1 aliphatic rings. The first-order valence-electron chi connectivity index (χ1n) is 32.8. The highest BCUT2D eigenvalue weighted by atomic mass is 16.6. The third kappa shape index (κ3) is 30.0. The molecule has 1 heterocycles. The number of aliphatic hydroxyl groups excluding tert-OH is 4. The number of hydrogen-bond acceptors (Lipinski definition) is 18. The quantitative estimate of drug-likeness (QED) is 0.0360. The number of nitrogens with one attached hydrogen (secondary N) is 12. The van der Waals surface area contributed by atoms with E-state index in [-0.39, 0.29) is 62.5 Å². The summed E-state index contributed by atoms with van der Waals surface area (Å²) in [6, 6.07) is -11.6. The zero-order valence-corrected chi connectivity index (χ0v) is 59.3. The zero-order valence-electron chi connectivity index (χ0n) is 59.3. The van der Waals surface area contributed by atoms with Crippen LogP contribution in [-0.2, 0) is 57.5 Å². The molecule has 0 aromatic heterocycles. The summed E-state index contributed by atoms with van der Waals surface area (Å²) in [5, 5.41) is 74.6. The van der Waals surface area contributed by atoms with Crippen LogP contribution in [0.15, 0.2) is 35.3 Å². The van der Waals surface area contributed by atoms with Crippen LogP contribution in [0, 0.1) is 28.6 Å². The summed E-state index contributed by atoms with van der Waals surface area (Å²) in [6.07, 6.45) is -6.23. The van der Waals surface area contributed by atoms with E-state index in [1.165, 1.54) is 38.1 Å². The van der Waals surface area contributed by atoms with Crippen LogP contribution in [0.4, 0.5) is 4.79 Å². The van der Waals surface area contributed by atoms with Gasteiger partial charge in [-0.2, -0.15) is 0 Å². The normalized spacial score (nSPS) is 24.2. The average molecular weight is 1370 g/mol. The predicted octanol–water partition coefficient (Wildman–Crippen LogP) is -1.98. The summed E-state index contributed by atoms with van der Waals surface area (Å²) in [5.41, 5.74) is 8.84. The minimum atomic E-state index is -2.11. The Morgan fingerprint density at radius 2 is 1.08 bits per heavy atom. The van der Waals surface area contributed by atoms with E-state index in [1.807, 2.05) is 20.8 Å². The van der Waals surface area contributed by atoms with Crippen LogP contribution in [0.1, 0.15) is 168 Å². The lowest BCUT2D eigenvalue weighted by Crippen LogP contribution is -2.65. The first-order valence-corrected chi connectivity index (χ1v) is 32.8. The second-order valence-electron chi connectivity index (χ2n) is 28.9. The molecule has 20 N–H and O–H groups in total. The van der Waals surface area contributed by atoms with Gasteiger partial charge >= 0.3 is 6.09 Å². The fourth-order valence-corrected chi connectivity index (χ4v) is 10.1. The summed E-state index contributed by atoms with van der Waals surface area (Å²) >= 11 is 0. The molecule has 1 aromatic carbocycles. The standard InChI is InChI=1S/C65H111N15O17/c1-18-34(6)44-57(92)77-45(35(7)82)56(91)69-30-43(84)75-46(36(8)83)58(93)73-42(31-81)55(90)78-47(37-23-20-19-21-24-37)48(79-54(89)40(28-63(9,10)11)72-53(88)41(29-64(12,13)14)74-62(96)97-65(15,16)17)59(94)80-49(50(85)33(4)5)60(95)71-39(27-32(2)3)52(87)70-38(51(86)76-44)25-22-26-68-61(66)67/h19-21,23-24,32-36,38-42,44-50,81-83,85H,18,22,25-31H2,1-17H3,(H,69,91)(H,70,87)(H,71,95)(H,72,88)(H,73,93)(H,74,96)(H,75,84)(H,76,86)(H,77,92)(H,78,90)(H,79,89)(H,80,94)(H4,66,67,68)/t34-,35-,36+,38+,39-,40-,41+,42-,44-,45-,46?,47+,48-,49-,50+/m0/s1. The lowest BCUT2D eigenvalue weighted by Gasteiger charge is -2.35. The van der Waals surface area contributed by atoms with Gasteiger partial charge in [-0.15, -0.1) is 0 Å². The lowest BCUT2D eigenvalue weighted by molar-refractivity contribution is -0.139. The van der Waals surface area contributed by atoms with Gasteiger partial charge in [-0.1, -0.05) is 120 Å². The van der Waals surface area contributed by atoms with Crippen molar-refractivity contribution in [3.05, 3.63) is 35.9 Å². The maximum absolute atomic E-state index is 15.7. The van der Waals surface area contributed by atoms with E-state index < -0.39 is 197 Å².